The molecule has 3 aromatic rings. The number of nitrogens with zero attached hydrogens (tertiary/aromatic N) is 4. The summed E-state index contributed by atoms with van der Waals surface area (Å²) in [5.41, 5.74) is -2.13. The Labute approximate surface area is 164 Å². The Morgan fingerprint density at radius 3 is 2.52 bits per heavy atom. The summed E-state index contributed by atoms with van der Waals surface area (Å²) < 4.78 is 48.8. The number of alkyl halides is 3. The summed E-state index contributed by atoms with van der Waals surface area (Å²) in [4.78, 5) is 40.2. The zero-order valence-electron chi connectivity index (χ0n) is 14.9. The molecule has 0 amide bonds. The Kier molecular flexibility index (Phi) is 5.13. The molecule has 2 aromatic heterocycles. The molecule has 0 spiro atoms. The first kappa shape index (κ1) is 20.5. The van der Waals surface area contributed by atoms with Gasteiger partial charge in [0.2, 0.25) is 5.28 Å². The van der Waals surface area contributed by atoms with Crippen LogP contribution < -0.4 is 16.0 Å². The van der Waals surface area contributed by atoms with Crippen LogP contribution in [0.25, 0.3) is 16.9 Å². The monoisotopic (exact) mass is 432 g/mol. The SMILES string of the molecule is COc1ccccc1-n1c(Cl)nc2c1c(=O)n(COC(=O)C(F)(F)F)c(=O)n2C. The predicted octanol–water partition coefficient (Wildman–Crippen LogP) is 1.61. The molecule has 29 heavy (non-hydrogen) atoms. The van der Waals surface area contributed by atoms with E-state index >= 15 is 0 Å². The second kappa shape index (κ2) is 7.28. The van der Waals surface area contributed by atoms with Crippen molar-refractivity contribution in [1.29, 1.82) is 0 Å². The molecule has 154 valence electrons. The molecule has 0 unspecified atom stereocenters. The third-order valence-electron chi connectivity index (χ3n) is 3.98. The molecule has 0 aliphatic carbocycles. The maximum atomic E-state index is 12.9. The Morgan fingerprint density at radius 1 is 1.24 bits per heavy atom. The topological polar surface area (TPSA) is 97.3 Å². The summed E-state index contributed by atoms with van der Waals surface area (Å²) in [5, 5.41) is -0.193. The average Bonchev–Trinajstić information content (AvgIpc) is 3.02. The largest absolute Gasteiger partial charge is 0.495 e. The van der Waals surface area contributed by atoms with Crippen LogP contribution in [-0.2, 0) is 23.3 Å². The quantitative estimate of drug-likeness (QED) is 0.459. The van der Waals surface area contributed by atoms with Gasteiger partial charge < -0.3 is 9.47 Å². The van der Waals surface area contributed by atoms with Crippen LogP contribution in [0.5, 0.6) is 5.75 Å². The Balaban J connectivity index is 2.26. The fraction of sp³-hybridized carbons (Fsp3) is 0.250. The number of esters is 1. The van der Waals surface area contributed by atoms with Gasteiger partial charge in [-0.1, -0.05) is 12.1 Å². The van der Waals surface area contributed by atoms with Gasteiger partial charge in [-0.2, -0.15) is 18.2 Å². The van der Waals surface area contributed by atoms with E-state index in [0.29, 0.717) is 16.0 Å². The van der Waals surface area contributed by atoms with Gasteiger partial charge in [-0.05, 0) is 23.7 Å². The van der Waals surface area contributed by atoms with Crippen molar-refractivity contribution >= 4 is 28.7 Å². The van der Waals surface area contributed by atoms with E-state index in [-0.39, 0.29) is 16.4 Å². The van der Waals surface area contributed by atoms with Crippen LogP contribution in [0.1, 0.15) is 0 Å². The number of carbonyl (C=O) groups excluding carboxylic acids is 1. The highest BCUT2D eigenvalue weighted by molar-refractivity contribution is 6.29. The van der Waals surface area contributed by atoms with Crippen LogP contribution in [-0.4, -0.2) is 37.9 Å². The molecule has 0 atom stereocenters. The van der Waals surface area contributed by atoms with Crippen molar-refractivity contribution in [2.24, 2.45) is 7.05 Å². The minimum absolute atomic E-state index is 0.116. The molecule has 0 aliphatic rings. The molecule has 0 radical (unpaired) electrons. The zero-order chi connectivity index (χ0) is 21.5. The molecule has 0 aliphatic heterocycles. The molecule has 0 bridgehead atoms. The first-order valence-electron chi connectivity index (χ1n) is 7.83. The van der Waals surface area contributed by atoms with E-state index < -0.39 is 30.1 Å². The maximum absolute atomic E-state index is 12.9. The molecule has 0 saturated heterocycles. The van der Waals surface area contributed by atoms with Crippen molar-refractivity contribution in [2.75, 3.05) is 7.11 Å². The van der Waals surface area contributed by atoms with Crippen molar-refractivity contribution in [3.05, 3.63) is 50.4 Å². The fourth-order valence-corrected chi connectivity index (χ4v) is 2.90. The number of para-hydroxylation sites is 2. The summed E-state index contributed by atoms with van der Waals surface area (Å²) >= 11 is 6.17. The van der Waals surface area contributed by atoms with Crippen molar-refractivity contribution < 1.29 is 27.4 Å². The number of halogens is 4. The number of fused-ring (bicyclic) bond motifs is 1. The van der Waals surface area contributed by atoms with Crippen molar-refractivity contribution in [1.82, 2.24) is 18.7 Å². The molecular weight excluding hydrogens is 421 g/mol. The van der Waals surface area contributed by atoms with Gasteiger partial charge in [-0.3, -0.25) is 13.9 Å². The van der Waals surface area contributed by atoms with Crippen LogP contribution >= 0.6 is 11.6 Å². The number of rotatable bonds is 4. The van der Waals surface area contributed by atoms with Gasteiger partial charge in [0.25, 0.3) is 5.56 Å². The number of ether oxygens (including phenoxy) is 2. The highest BCUT2D eigenvalue weighted by Gasteiger charge is 2.41. The second-order valence-electron chi connectivity index (χ2n) is 5.69. The van der Waals surface area contributed by atoms with Crippen LogP contribution in [0.15, 0.2) is 33.9 Å². The third kappa shape index (κ3) is 3.46. The fourth-order valence-electron chi connectivity index (χ4n) is 2.65. The van der Waals surface area contributed by atoms with Crippen molar-refractivity contribution in [2.45, 2.75) is 12.9 Å². The van der Waals surface area contributed by atoms with E-state index in [9.17, 15) is 27.6 Å². The van der Waals surface area contributed by atoms with Crippen LogP contribution in [0.4, 0.5) is 13.2 Å². The van der Waals surface area contributed by atoms with E-state index in [1.807, 2.05) is 0 Å². The lowest BCUT2D eigenvalue weighted by molar-refractivity contribution is -0.203. The number of methoxy groups -OCH3 is 1. The summed E-state index contributed by atoms with van der Waals surface area (Å²) in [5.74, 6) is -2.22. The van der Waals surface area contributed by atoms with Gasteiger partial charge in [-0.15, -0.1) is 0 Å². The molecule has 0 N–H and O–H groups in total. The highest BCUT2D eigenvalue weighted by Crippen LogP contribution is 2.28. The van der Waals surface area contributed by atoms with Crippen LogP contribution in [0.3, 0.4) is 0 Å². The predicted molar refractivity (Wildman–Crippen MR) is 94.3 cm³/mol. The number of hydrogen-bond acceptors (Lipinski definition) is 6. The smallest absolute Gasteiger partial charge is 0.490 e. The van der Waals surface area contributed by atoms with Crippen molar-refractivity contribution in [3.63, 3.8) is 0 Å². The molecule has 2 heterocycles. The van der Waals surface area contributed by atoms with Crippen molar-refractivity contribution in [3.8, 4) is 11.4 Å². The summed E-state index contributed by atoms with van der Waals surface area (Å²) in [7, 11) is 2.62. The highest BCUT2D eigenvalue weighted by atomic mass is 35.5. The van der Waals surface area contributed by atoms with Gasteiger partial charge in [0.1, 0.15) is 5.75 Å². The number of benzene rings is 1. The normalized spacial score (nSPS) is 11.7. The zero-order valence-corrected chi connectivity index (χ0v) is 15.6. The molecular formula is C16H12ClF3N4O5. The van der Waals surface area contributed by atoms with Gasteiger partial charge in [0, 0.05) is 7.05 Å². The first-order chi connectivity index (χ1) is 13.6. The van der Waals surface area contributed by atoms with Gasteiger partial charge >= 0.3 is 17.8 Å². The van der Waals surface area contributed by atoms with Gasteiger partial charge in [0.05, 0.1) is 12.8 Å². The van der Waals surface area contributed by atoms with Gasteiger partial charge in [-0.25, -0.2) is 14.2 Å². The number of carbonyl (C=O) groups is 1. The Hall–Kier alpha value is -3.28. The number of aryl methyl sites for hydroxylation is 1. The molecule has 0 saturated carbocycles. The molecule has 13 heteroatoms. The second-order valence-corrected chi connectivity index (χ2v) is 6.03. The minimum atomic E-state index is -5.28. The van der Waals surface area contributed by atoms with E-state index in [4.69, 9.17) is 16.3 Å². The maximum Gasteiger partial charge on any atom is 0.490 e. The molecule has 3 rings (SSSR count). The number of hydrogen-bond donors (Lipinski definition) is 0. The van der Waals surface area contributed by atoms with E-state index in [0.717, 1.165) is 4.57 Å². The molecule has 1 aromatic carbocycles. The van der Waals surface area contributed by atoms with Crippen LogP contribution in [0, 0.1) is 0 Å². The summed E-state index contributed by atoms with van der Waals surface area (Å²) in [6.07, 6.45) is -5.28. The number of imidazole rings is 1. The summed E-state index contributed by atoms with van der Waals surface area (Å²) in [6.45, 7) is -1.24. The number of aromatic nitrogens is 4. The average molecular weight is 433 g/mol. The Morgan fingerprint density at radius 2 is 1.90 bits per heavy atom. The van der Waals surface area contributed by atoms with E-state index in [2.05, 4.69) is 9.72 Å². The van der Waals surface area contributed by atoms with Gasteiger partial charge in [0.15, 0.2) is 17.9 Å². The molecule has 9 nitrogen and oxygen atoms in total. The lowest BCUT2D eigenvalue weighted by Crippen LogP contribution is -2.41. The van der Waals surface area contributed by atoms with E-state index in [1.54, 1.807) is 24.3 Å². The van der Waals surface area contributed by atoms with E-state index in [1.165, 1.54) is 18.7 Å². The van der Waals surface area contributed by atoms with Crippen LogP contribution in [0.2, 0.25) is 5.28 Å². The Bertz CT molecular complexity index is 1230. The third-order valence-corrected chi connectivity index (χ3v) is 4.24. The molecule has 0 fully saturated rings. The lowest BCUT2D eigenvalue weighted by atomic mass is 10.3. The first-order valence-corrected chi connectivity index (χ1v) is 8.20. The lowest BCUT2D eigenvalue weighted by Gasteiger charge is -2.13. The summed E-state index contributed by atoms with van der Waals surface area (Å²) in [6, 6.07) is 6.44. The minimum Gasteiger partial charge on any atom is -0.495 e. The standard InChI is InChI=1S/C16H12ClF3N4O5/c1-22-11-10(12(25)23(15(22)27)7-29-13(26)16(18,19)20)24(14(17)21-11)8-5-3-4-6-9(8)28-2/h3-6H,7H2,1-2H3.